The topological polar surface area (TPSA) is 72.5 Å². The van der Waals surface area contributed by atoms with Crippen molar-refractivity contribution in [1.29, 1.82) is 0 Å². The number of amides is 1. The molecule has 0 unspecified atom stereocenters. The molecule has 0 aliphatic carbocycles. The number of nitrogens with zero attached hydrogens (tertiary/aromatic N) is 1. The Bertz CT molecular complexity index is 688. The molecule has 2 N–H and O–H groups in total. The molecule has 6 heteroatoms. The van der Waals surface area contributed by atoms with Crippen molar-refractivity contribution in [3.05, 3.63) is 60.9 Å². The zero-order chi connectivity index (χ0) is 15.4. The molecule has 1 aromatic carbocycles. The highest BCUT2D eigenvalue weighted by Gasteiger charge is 2.27. The number of hydrogen-bond donors (Lipinski definition) is 2. The van der Waals surface area contributed by atoms with E-state index in [2.05, 4.69) is 22.4 Å². The average Bonchev–Trinajstić information content (AvgIpc) is 2.59. The third-order valence-electron chi connectivity index (χ3n) is 3.15. The molecule has 2 aromatic rings. The molecule has 1 amide bonds. The minimum absolute atomic E-state index is 0.157. The summed E-state index contributed by atoms with van der Waals surface area (Å²) in [5.74, 6) is 0.860. The summed E-state index contributed by atoms with van der Waals surface area (Å²) in [6.45, 7) is 4.00. The second kappa shape index (κ2) is 6.17. The molecule has 1 aliphatic heterocycles. The van der Waals surface area contributed by atoms with Gasteiger partial charge in [-0.05, 0) is 24.3 Å². The van der Waals surface area contributed by atoms with Crippen molar-refractivity contribution < 1.29 is 14.3 Å². The summed E-state index contributed by atoms with van der Waals surface area (Å²) in [5.41, 5.74) is 6.64. The fourth-order valence-electron chi connectivity index (χ4n) is 1.98. The predicted octanol–water partition coefficient (Wildman–Crippen LogP) is 1.51. The van der Waals surface area contributed by atoms with E-state index in [4.69, 9.17) is 9.47 Å². The van der Waals surface area contributed by atoms with Crippen LogP contribution < -0.4 is 20.3 Å². The first-order chi connectivity index (χ1) is 10.7. The predicted molar refractivity (Wildman–Crippen MR) is 80.9 cm³/mol. The van der Waals surface area contributed by atoms with E-state index in [9.17, 15) is 4.79 Å². The molecule has 112 valence electrons. The van der Waals surface area contributed by atoms with Gasteiger partial charge in [0.05, 0.1) is 5.70 Å². The van der Waals surface area contributed by atoms with Crippen LogP contribution >= 0.6 is 0 Å². The van der Waals surface area contributed by atoms with Gasteiger partial charge >= 0.3 is 0 Å². The number of carbonyl (C=O) groups excluding carboxylic acids is 1. The van der Waals surface area contributed by atoms with Crippen LogP contribution in [-0.4, -0.2) is 23.6 Å². The smallest absolute Gasteiger partial charge is 0.282 e. The summed E-state index contributed by atoms with van der Waals surface area (Å²) >= 11 is 0. The molecule has 0 saturated heterocycles. The number of hydrogen-bond acceptors (Lipinski definition) is 5. The normalized spacial score (nSPS) is 15.7. The van der Waals surface area contributed by atoms with Gasteiger partial charge in [-0.1, -0.05) is 18.7 Å². The Hall–Kier alpha value is -3.02. The van der Waals surface area contributed by atoms with Crippen LogP contribution in [0.25, 0.3) is 5.70 Å². The van der Waals surface area contributed by atoms with Gasteiger partial charge in [0.1, 0.15) is 6.61 Å². The number of para-hydroxylation sites is 2. The molecule has 22 heavy (non-hydrogen) atoms. The van der Waals surface area contributed by atoms with Gasteiger partial charge in [0, 0.05) is 18.0 Å². The van der Waals surface area contributed by atoms with E-state index in [0.717, 1.165) is 5.56 Å². The number of hydrazine groups is 1. The van der Waals surface area contributed by atoms with Crippen LogP contribution in [0.4, 0.5) is 0 Å². The van der Waals surface area contributed by atoms with Crippen LogP contribution in [0.15, 0.2) is 55.4 Å². The molecule has 2 heterocycles. The molecule has 1 aliphatic rings. The molecule has 0 spiro atoms. The third kappa shape index (κ3) is 3.01. The van der Waals surface area contributed by atoms with Crippen molar-refractivity contribution in [2.24, 2.45) is 0 Å². The van der Waals surface area contributed by atoms with Gasteiger partial charge < -0.3 is 9.47 Å². The maximum Gasteiger partial charge on any atom is 0.282 e. The van der Waals surface area contributed by atoms with Crippen molar-refractivity contribution in [1.82, 2.24) is 15.8 Å². The fraction of sp³-hybridized carbons (Fsp3) is 0.125. The molecular weight excluding hydrogens is 282 g/mol. The second-order valence-corrected chi connectivity index (χ2v) is 4.70. The van der Waals surface area contributed by atoms with Gasteiger partial charge in [-0.3, -0.25) is 20.6 Å². The van der Waals surface area contributed by atoms with Crippen LogP contribution in [0, 0.1) is 0 Å². The van der Waals surface area contributed by atoms with Crippen LogP contribution in [0.1, 0.15) is 5.56 Å². The average molecular weight is 297 g/mol. The zero-order valence-corrected chi connectivity index (χ0v) is 11.8. The Labute approximate surface area is 127 Å². The quantitative estimate of drug-likeness (QED) is 0.837. The summed E-state index contributed by atoms with van der Waals surface area (Å²) < 4.78 is 11.1. The number of nitrogens with one attached hydrogen (secondary N) is 2. The fourth-order valence-corrected chi connectivity index (χ4v) is 1.98. The maximum absolute atomic E-state index is 12.1. The van der Waals surface area contributed by atoms with Crippen molar-refractivity contribution in [2.75, 3.05) is 6.61 Å². The summed E-state index contributed by atoms with van der Waals surface area (Å²) in [6, 6.07) is 10.9. The number of carbonyl (C=O) groups is 1. The minimum Gasteiger partial charge on any atom is -0.485 e. The summed E-state index contributed by atoms with van der Waals surface area (Å²) in [6.07, 6.45) is 2.60. The number of pyridine rings is 1. The van der Waals surface area contributed by atoms with Gasteiger partial charge in [0.2, 0.25) is 6.10 Å². The van der Waals surface area contributed by atoms with E-state index in [1.165, 1.54) is 0 Å². The second-order valence-electron chi connectivity index (χ2n) is 4.70. The lowest BCUT2D eigenvalue weighted by Gasteiger charge is -2.25. The molecule has 1 aromatic heterocycles. The number of aromatic nitrogens is 1. The van der Waals surface area contributed by atoms with E-state index < -0.39 is 6.10 Å². The lowest BCUT2D eigenvalue weighted by Crippen LogP contribution is -2.48. The zero-order valence-electron chi connectivity index (χ0n) is 11.8. The van der Waals surface area contributed by atoms with Crippen LogP contribution in [0.3, 0.4) is 0 Å². The first kappa shape index (κ1) is 13.9. The lowest BCUT2D eigenvalue weighted by atomic mass is 10.2. The molecule has 3 rings (SSSR count). The van der Waals surface area contributed by atoms with E-state index in [1.54, 1.807) is 30.6 Å². The summed E-state index contributed by atoms with van der Waals surface area (Å²) in [5, 5.41) is 0. The molecule has 1 atom stereocenters. The van der Waals surface area contributed by atoms with E-state index in [-0.39, 0.29) is 12.5 Å². The Morgan fingerprint density at radius 3 is 2.77 bits per heavy atom. The Morgan fingerprint density at radius 1 is 1.18 bits per heavy atom. The molecule has 0 fully saturated rings. The lowest BCUT2D eigenvalue weighted by molar-refractivity contribution is -0.131. The Morgan fingerprint density at radius 2 is 2.00 bits per heavy atom. The van der Waals surface area contributed by atoms with Crippen molar-refractivity contribution >= 4 is 11.6 Å². The van der Waals surface area contributed by atoms with Crippen molar-refractivity contribution in [2.45, 2.75) is 6.10 Å². The SMILES string of the molecule is C=C(NNC(=O)[C@H]1COc2ccccc2O1)c1cccnc1. The molecule has 6 nitrogen and oxygen atoms in total. The third-order valence-corrected chi connectivity index (χ3v) is 3.15. The first-order valence-electron chi connectivity index (χ1n) is 6.77. The summed E-state index contributed by atoms with van der Waals surface area (Å²) in [4.78, 5) is 16.1. The standard InChI is InChI=1S/C16H15N3O3/c1-11(12-5-4-8-17-9-12)18-19-16(20)15-10-21-13-6-2-3-7-14(13)22-15/h2-9,15,18H,1,10H2,(H,19,20)/t15-/m1/s1. The highest BCUT2D eigenvalue weighted by molar-refractivity contribution is 5.82. The Balaban J connectivity index is 1.56. The van der Waals surface area contributed by atoms with Gasteiger partial charge in [0.25, 0.3) is 5.91 Å². The Kier molecular flexibility index (Phi) is 3.91. The highest BCUT2D eigenvalue weighted by Crippen LogP contribution is 2.30. The number of fused-ring (bicyclic) bond motifs is 1. The van der Waals surface area contributed by atoms with Gasteiger partial charge in [-0.2, -0.15) is 0 Å². The first-order valence-corrected chi connectivity index (χ1v) is 6.77. The number of rotatable bonds is 4. The molecule has 0 saturated carbocycles. The maximum atomic E-state index is 12.1. The van der Waals surface area contributed by atoms with Crippen LogP contribution in [0.2, 0.25) is 0 Å². The van der Waals surface area contributed by atoms with Crippen LogP contribution in [-0.2, 0) is 4.79 Å². The van der Waals surface area contributed by atoms with Crippen LogP contribution in [0.5, 0.6) is 11.5 Å². The van der Waals surface area contributed by atoms with E-state index in [1.807, 2.05) is 18.2 Å². The number of ether oxygens (including phenoxy) is 2. The summed E-state index contributed by atoms with van der Waals surface area (Å²) in [7, 11) is 0. The largest absolute Gasteiger partial charge is 0.485 e. The van der Waals surface area contributed by atoms with Crippen molar-refractivity contribution in [3.63, 3.8) is 0 Å². The molecule has 0 radical (unpaired) electrons. The monoisotopic (exact) mass is 297 g/mol. The van der Waals surface area contributed by atoms with E-state index >= 15 is 0 Å². The van der Waals surface area contributed by atoms with Gasteiger partial charge in [-0.25, -0.2) is 0 Å². The van der Waals surface area contributed by atoms with Gasteiger partial charge in [-0.15, -0.1) is 0 Å². The molecular formula is C16H15N3O3. The minimum atomic E-state index is -0.718. The van der Waals surface area contributed by atoms with E-state index in [0.29, 0.717) is 17.2 Å². The van der Waals surface area contributed by atoms with Gasteiger partial charge in [0.15, 0.2) is 11.5 Å². The highest BCUT2D eigenvalue weighted by atomic mass is 16.6. The van der Waals surface area contributed by atoms with Crippen molar-refractivity contribution in [3.8, 4) is 11.5 Å². The molecule has 0 bridgehead atoms. The number of benzene rings is 1.